The first-order valence-corrected chi connectivity index (χ1v) is 12.8. The summed E-state index contributed by atoms with van der Waals surface area (Å²) in [6.45, 7) is 5.03. The summed E-state index contributed by atoms with van der Waals surface area (Å²) in [6, 6.07) is 10.2. The highest BCUT2D eigenvalue weighted by Gasteiger charge is 2.53. The Labute approximate surface area is 214 Å². The summed E-state index contributed by atoms with van der Waals surface area (Å²) in [5.41, 5.74) is 2.33. The average Bonchev–Trinajstić information content (AvgIpc) is 3.14. The van der Waals surface area contributed by atoms with Crippen molar-refractivity contribution in [1.29, 1.82) is 0 Å². The van der Waals surface area contributed by atoms with Crippen LogP contribution in [-0.4, -0.2) is 60.1 Å². The number of nitrogens with zero attached hydrogens (tertiary/aromatic N) is 2. The summed E-state index contributed by atoms with van der Waals surface area (Å²) in [6.07, 6.45) is -2.78. The van der Waals surface area contributed by atoms with Gasteiger partial charge in [-0.15, -0.1) is 0 Å². The maximum atomic E-state index is 13.3. The topological polar surface area (TPSA) is 59.1 Å². The van der Waals surface area contributed by atoms with E-state index in [0.717, 1.165) is 16.0 Å². The molecular formula is C28H31F3N2O4. The Bertz CT molecular complexity index is 1200. The second kappa shape index (κ2) is 9.58. The van der Waals surface area contributed by atoms with Crippen molar-refractivity contribution in [2.75, 3.05) is 20.2 Å². The highest BCUT2D eigenvalue weighted by atomic mass is 19.4. The van der Waals surface area contributed by atoms with Crippen LogP contribution >= 0.6 is 0 Å². The maximum Gasteiger partial charge on any atom is 0.471 e. The van der Waals surface area contributed by atoms with Crippen molar-refractivity contribution < 1.29 is 32.2 Å². The molecule has 6 nitrogen and oxygen atoms in total. The Morgan fingerprint density at radius 2 is 1.73 bits per heavy atom. The van der Waals surface area contributed by atoms with Gasteiger partial charge in [-0.1, -0.05) is 18.2 Å². The number of para-hydroxylation sites is 1. The number of carbonyl (C=O) groups is 2. The Morgan fingerprint density at radius 3 is 2.32 bits per heavy atom. The van der Waals surface area contributed by atoms with E-state index in [9.17, 15) is 22.8 Å². The van der Waals surface area contributed by atoms with Crippen LogP contribution in [0.4, 0.5) is 13.2 Å². The second-order valence-electron chi connectivity index (χ2n) is 10.0. The molecule has 0 aliphatic carbocycles. The lowest BCUT2D eigenvalue weighted by Crippen LogP contribution is -2.52. The fraction of sp³-hybridized carbons (Fsp3) is 0.500. The lowest BCUT2D eigenvalue weighted by Gasteiger charge is -2.43. The molecule has 3 aliphatic rings. The number of fused-ring (bicyclic) bond motifs is 4. The van der Waals surface area contributed by atoms with E-state index in [-0.39, 0.29) is 17.7 Å². The molecule has 0 spiro atoms. The number of benzene rings is 2. The monoisotopic (exact) mass is 516 g/mol. The quantitative estimate of drug-likeness (QED) is 0.508. The predicted octanol–water partition coefficient (Wildman–Crippen LogP) is 5.75. The summed E-state index contributed by atoms with van der Waals surface area (Å²) < 4.78 is 51.8. The molecule has 5 rings (SSSR count). The third-order valence-electron chi connectivity index (χ3n) is 8.14. The Hall–Kier alpha value is -3.23. The van der Waals surface area contributed by atoms with E-state index in [2.05, 4.69) is 0 Å². The fourth-order valence-corrected chi connectivity index (χ4v) is 6.51. The molecule has 2 aromatic rings. The van der Waals surface area contributed by atoms with E-state index in [0.29, 0.717) is 61.6 Å². The third kappa shape index (κ3) is 4.32. The number of ether oxygens (including phenoxy) is 2. The largest absolute Gasteiger partial charge is 0.493 e. The van der Waals surface area contributed by atoms with E-state index in [1.54, 1.807) is 30.2 Å². The summed E-state index contributed by atoms with van der Waals surface area (Å²) in [5.74, 6) is -0.285. The second-order valence-corrected chi connectivity index (χ2v) is 10.0. The van der Waals surface area contributed by atoms with Gasteiger partial charge in [0, 0.05) is 47.8 Å². The molecule has 9 heteroatoms. The zero-order valence-corrected chi connectivity index (χ0v) is 21.2. The van der Waals surface area contributed by atoms with Gasteiger partial charge in [0.1, 0.15) is 5.75 Å². The first-order chi connectivity index (χ1) is 17.7. The smallest absolute Gasteiger partial charge is 0.471 e. The molecule has 3 heterocycles. The van der Waals surface area contributed by atoms with Crippen molar-refractivity contribution in [1.82, 2.24) is 9.80 Å². The average molecular weight is 517 g/mol. The molecular weight excluding hydrogens is 485 g/mol. The van der Waals surface area contributed by atoms with Crippen LogP contribution in [0, 0.1) is 5.92 Å². The minimum atomic E-state index is -4.87. The van der Waals surface area contributed by atoms with E-state index in [4.69, 9.17) is 9.47 Å². The van der Waals surface area contributed by atoms with Crippen molar-refractivity contribution in [3.05, 3.63) is 53.1 Å². The van der Waals surface area contributed by atoms with Crippen LogP contribution in [0.3, 0.4) is 0 Å². The normalized spacial score (nSPS) is 24.1. The van der Waals surface area contributed by atoms with Crippen LogP contribution in [0.5, 0.6) is 17.2 Å². The minimum Gasteiger partial charge on any atom is -0.493 e. The molecule has 198 valence electrons. The first kappa shape index (κ1) is 25.4. The van der Waals surface area contributed by atoms with Gasteiger partial charge in [0.15, 0.2) is 11.5 Å². The molecule has 3 unspecified atom stereocenters. The van der Waals surface area contributed by atoms with E-state index < -0.39 is 24.2 Å². The highest BCUT2D eigenvalue weighted by molar-refractivity contribution is 5.95. The minimum absolute atomic E-state index is 0.00706. The number of carbonyl (C=O) groups excluding carboxylic acids is 2. The molecule has 2 amide bonds. The molecule has 2 aromatic carbocycles. The van der Waals surface area contributed by atoms with Crippen LogP contribution in [-0.2, 0) is 4.79 Å². The van der Waals surface area contributed by atoms with Gasteiger partial charge in [-0.2, -0.15) is 13.2 Å². The van der Waals surface area contributed by atoms with Gasteiger partial charge in [0.25, 0.3) is 5.91 Å². The van der Waals surface area contributed by atoms with E-state index in [1.165, 1.54) is 0 Å². The number of amides is 2. The van der Waals surface area contributed by atoms with Gasteiger partial charge < -0.3 is 19.3 Å². The van der Waals surface area contributed by atoms with Gasteiger partial charge >= 0.3 is 12.1 Å². The summed E-state index contributed by atoms with van der Waals surface area (Å²) in [5, 5.41) is 0. The molecule has 2 saturated heterocycles. The van der Waals surface area contributed by atoms with Crippen LogP contribution < -0.4 is 9.47 Å². The van der Waals surface area contributed by atoms with Gasteiger partial charge in [-0.3, -0.25) is 9.59 Å². The van der Waals surface area contributed by atoms with Crippen molar-refractivity contribution in [3.63, 3.8) is 0 Å². The zero-order valence-electron chi connectivity index (χ0n) is 21.2. The van der Waals surface area contributed by atoms with E-state index in [1.807, 2.05) is 32.0 Å². The molecule has 3 aliphatic heterocycles. The molecule has 0 saturated carbocycles. The summed E-state index contributed by atoms with van der Waals surface area (Å²) in [4.78, 5) is 28.0. The van der Waals surface area contributed by atoms with Gasteiger partial charge in [-0.05, 0) is 63.6 Å². The van der Waals surface area contributed by atoms with Crippen molar-refractivity contribution in [3.8, 4) is 17.2 Å². The molecule has 37 heavy (non-hydrogen) atoms. The van der Waals surface area contributed by atoms with E-state index >= 15 is 0 Å². The Kier molecular flexibility index (Phi) is 6.58. The van der Waals surface area contributed by atoms with Crippen LogP contribution in [0.25, 0.3) is 0 Å². The molecule has 2 bridgehead atoms. The van der Waals surface area contributed by atoms with Gasteiger partial charge in [0.2, 0.25) is 0 Å². The molecule has 0 N–H and O–H groups in total. The summed E-state index contributed by atoms with van der Waals surface area (Å²) >= 11 is 0. The van der Waals surface area contributed by atoms with Crippen molar-refractivity contribution in [2.24, 2.45) is 5.92 Å². The first-order valence-electron chi connectivity index (χ1n) is 12.8. The molecule has 0 aromatic heterocycles. The number of hydrogen-bond acceptors (Lipinski definition) is 4. The number of hydrogen-bond donors (Lipinski definition) is 0. The van der Waals surface area contributed by atoms with Crippen molar-refractivity contribution in [2.45, 2.75) is 63.7 Å². The number of rotatable bonds is 5. The fourth-order valence-electron chi connectivity index (χ4n) is 6.51. The van der Waals surface area contributed by atoms with Crippen LogP contribution in [0.15, 0.2) is 36.4 Å². The van der Waals surface area contributed by atoms with Gasteiger partial charge in [-0.25, -0.2) is 0 Å². The molecule has 3 atom stereocenters. The lowest BCUT2D eigenvalue weighted by molar-refractivity contribution is -0.190. The number of piperidine rings is 1. The van der Waals surface area contributed by atoms with Crippen LogP contribution in [0.2, 0.25) is 0 Å². The zero-order chi connectivity index (χ0) is 26.5. The predicted molar refractivity (Wildman–Crippen MR) is 131 cm³/mol. The summed E-state index contributed by atoms with van der Waals surface area (Å²) in [7, 11) is 1.56. The number of alkyl halides is 3. The third-order valence-corrected chi connectivity index (χ3v) is 8.14. The van der Waals surface area contributed by atoms with Gasteiger partial charge in [0.05, 0.1) is 7.11 Å². The molecule has 2 fully saturated rings. The lowest BCUT2D eigenvalue weighted by atomic mass is 9.72. The maximum absolute atomic E-state index is 13.3. The van der Waals surface area contributed by atoms with Crippen LogP contribution in [0.1, 0.15) is 66.9 Å². The highest BCUT2D eigenvalue weighted by Crippen LogP contribution is 2.55. The Morgan fingerprint density at radius 1 is 1.05 bits per heavy atom. The van der Waals surface area contributed by atoms with Crippen molar-refractivity contribution >= 4 is 11.8 Å². The number of halogens is 3. The SMILES string of the molecule is CCN(CC)C(=O)c1ccc2c(c1)Oc1c(OC)cccc1C2C1CC2CCC(C1)N2C(=O)C(F)(F)F. The number of methoxy groups -OCH3 is 1. The molecule has 0 radical (unpaired) electrons. The standard InChI is InChI=1S/C28H31F3N2O4/c1-4-32(5-2)26(34)16-9-12-20-23(15-16)37-25-21(7-6-8-22(25)36-3)24(20)17-13-18-10-11-19(14-17)33(18)27(35)28(29,30)31/h6-9,12,15,17-19,24H,4-5,10-11,13-14H2,1-3H3. The Balaban J connectivity index is 1.54.